The fourth-order valence-corrected chi connectivity index (χ4v) is 1.05. The smallest absolute Gasteiger partial charge is 0.226 e. The van der Waals surface area contributed by atoms with Crippen molar-refractivity contribution in [3.8, 4) is 0 Å². The Kier molecular flexibility index (Phi) is 3.85. The summed E-state index contributed by atoms with van der Waals surface area (Å²) in [6.07, 6.45) is 1.26. The van der Waals surface area contributed by atoms with E-state index in [9.17, 15) is 9.59 Å². The molecule has 1 atom stereocenters. The number of hydrogen-bond donors (Lipinski definition) is 1. The monoisotopic (exact) mass is 183 g/mol. The van der Waals surface area contributed by atoms with Crippen LogP contribution in [-0.2, 0) is 9.59 Å². The quantitative estimate of drug-likeness (QED) is 0.664. The Morgan fingerprint density at radius 1 is 1.46 bits per heavy atom. The van der Waals surface area contributed by atoms with E-state index in [2.05, 4.69) is 11.9 Å². The van der Waals surface area contributed by atoms with E-state index in [-0.39, 0.29) is 17.6 Å². The number of nitrogens with one attached hydrogen (secondary N) is 1. The molecule has 0 heterocycles. The molecule has 74 valence electrons. The fourth-order valence-electron chi connectivity index (χ4n) is 1.05. The Morgan fingerprint density at radius 2 is 1.92 bits per heavy atom. The molecule has 0 saturated heterocycles. The summed E-state index contributed by atoms with van der Waals surface area (Å²) in [5.41, 5.74) is -0.681. The Morgan fingerprint density at radius 3 is 2.23 bits per heavy atom. The second kappa shape index (κ2) is 4.21. The molecule has 1 unspecified atom stereocenters. The van der Waals surface area contributed by atoms with Gasteiger partial charge in [0.2, 0.25) is 5.91 Å². The molecule has 0 fully saturated rings. The highest BCUT2D eigenvalue weighted by atomic mass is 16.2. The molecule has 3 heteroatoms. The van der Waals surface area contributed by atoms with Gasteiger partial charge in [0, 0.05) is 13.0 Å². The van der Waals surface area contributed by atoms with Gasteiger partial charge >= 0.3 is 0 Å². The maximum Gasteiger partial charge on any atom is 0.226 e. The van der Waals surface area contributed by atoms with Crippen molar-refractivity contribution >= 4 is 11.7 Å². The van der Waals surface area contributed by atoms with Gasteiger partial charge in [0.05, 0.1) is 5.41 Å². The molecule has 0 aliphatic rings. The van der Waals surface area contributed by atoms with E-state index in [0.29, 0.717) is 0 Å². The Balaban J connectivity index is 4.71. The zero-order valence-corrected chi connectivity index (χ0v) is 8.68. The lowest BCUT2D eigenvalue weighted by Gasteiger charge is -2.27. The van der Waals surface area contributed by atoms with Crippen molar-refractivity contribution in [3.05, 3.63) is 12.7 Å². The van der Waals surface area contributed by atoms with Crippen molar-refractivity contribution in [1.29, 1.82) is 0 Å². The van der Waals surface area contributed by atoms with Gasteiger partial charge in [-0.15, -0.1) is 0 Å². The zero-order valence-electron chi connectivity index (χ0n) is 8.68. The summed E-state index contributed by atoms with van der Waals surface area (Å²) in [5, 5.41) is 2.54. The Labute approximate surface area is 79.2 Å². The van der Waals surface area contributed by atoms with Crippen LogP contribution in [0.4, 0.5) is 0 Å². The van der Waals surface area contributed by atoms with Gasteiger partial charge in [-0.05, 0) is 6.08 Å². The van der Waals surface area contributed by atoms with Crippen LogP contribution in [0.1, 0.15) is 20.8 Å². The third-order valence-electron chi connectivity index (χ3n) is 2.52. The van der Waals surface area contributed by atoms with Crippen LogP contribution in [-0.4, -0.2) is 18.7 Å². The highest BCUT2D eigenvalue weighted by Crippen LogP contribution is 2.27. The van der Waals surface area contributed by atoms with E-state index >= 15 is 0 Å². The van der Waals surface area contributed by atoms with Crippen LogP contribution in [0.25, 0.3) is 0 Å². The lowest BCUT2D eigenvalue weighted by Crippen LogP contribution is -2.41. The molecule has 0 rings (SSSR count). The third kappa shape index (κ3) is 2.41. The topological polar surface area (TPSA) is 46.2 Å². The van der Waals surface area contributed by atoms with E-state index in [1.807, 2.05) is 0 Å². The van der Waals surface area contributed by atoms with Crippen molar-refractivity contribution in [3.63, 3.8) is 0 Å². The van der Waals surface area contributed by atoms with Crippen LogP contribution in [0.2, 0.25) is 0 Å². The minimum absolute atomic E-state index is 0.103. The van der Waals surface area contributed by atoms with Gasteiger partial charge in [-0.25, -0.2) is 0 Å². The maximum atomic E-state index is 11.4. The van der Waals surface area contributed by atoms with E-state index in [1.54, 1.807) is 27.8 Å². The molecule has 0 aromatic carbocycles. The number of allylic oxidation sites excluding steroid dienone is 1. The lowest BCUT2D eigenvalue weighted by molar-refractivity contribution is -0.136. The highest BCUT2D eigenvalue weighted by molar-refractivity contribution is 5.96. The molecule has 1 N–H and O–H groups in total. The number of rotatable bonds is 4. The number of carbonyl (C=O) groups excluding carboxylic acids is 2. The summed E-state index contributed by atoms with van der Waals surface area (Å²) in [5.74, 6) is -0.575. The average Bonchev–Trinajstić information content (AvgIpc) is 2.13. The van der Waals surface area contributed by atoms with Crippen molar-refractivity contribution in [1.82, 2.24) is 5.32 Å². The predicted molar refractivity (Wildman–Crippen MR) is 52.2 cm³/mol. The van der Waals surface area contributed by atoms with Crippen LogP contribution in [0.5, 0.6) is 0 Å². The summed E-state index contributed by atoms with van der Waals surface area (Å²) < 4.78 is 0. The van der Waals surface area contributed by atoms with Crippen molar-refractivity contribution in [2.24, 2.45) is 11.3 Å². The second-order valence-electron chi connectivity index (χ2n) is 3.63. The largest absolute Gasteiger partial charge is 0.359 e. The molecule has 0 aliphatic carbocycles. The zero-order chi connectivity index (χ0) is 10.6. The number of amides is 1. The average molecular weight is 183 g/mol. The molecule has 0 spiro atoms. The molecular formula is C10H17NO2. The van der Waals surface area contributed by atoms with Gasteiger partial charge in [0.25, 0.3) is 0 Å². The number of hydrogen-bond acceptors (Lipinski definition) is 2. The lowest BCUT2D eigenvalue weighted by atomic mass is 9.77. The second-order valence-corrected chi connectivity index (χ2v) is 3.63. The Bertz CT molecular complexity index is 231. The predicted octanol–water partition coefficient (Wildman–Crippen LogP) is 1.15. The number of carbonyl (C=O) groups is 2. The fraction of sp³-hybridized carbons (Fsp3) is 0.600. The molecule has 13 heavy (non-hydrogen) atoms. The highest BCUT2D eigenvalue weighted by Gasteiger charge is 2.36. The molecular weight excluding hydrogens is 166 g/mol. The van der Waals surface area contributed by atoms with Crippen LogP contribution in [0.15, 0.2) is 12.7 Å². The Hall–Kier alpha value is -1.12. The van der Waals surface area contributed by atoms with Crippen molar-refractivity contribution in [2.75, 3.05) is 7.05 Å². The molecule has 0 radical (unpaired) electrons. The molecule has 0 aromatic heterocycles. The van der Waals surface area contributed by atoms with E-state index in [0.717, 1.165) is 0 Å². The standard InChI is InChI=1S/C10H17NO2/c1-6-8(12)7(2)10(3,4)9(13)11-5/h6-7H,1H2,2-5H3,(H,11,13). The third-order valence-corrected chi connectivity index (χ3v) is 2.52. The normalized spacial score (nSPS) is 13.2. The summed E-state index contributed by atoms with van der Waals surface area (Å²) in [4.78, 5) is 22.7. The first-order valence-corrected chi connectivity index (χ1v) is 4.26. The summed E-state index contributed by atoms with van der Waals surface area (Å²) in [6, 6.07) is 0. The maximum absolute atomic E-state index is 11.4. The molecule has 0 bridgehead atoms. The van der Waals surface area contributed by atoms with Crippen LogP contribution < -0.4 is 5.32 Å². The molecule has 0 aliphatic heterocycles. The summed E-state index contributed by atoms with van der Waals surface area (Å²) in [7, 11) is 1.56. The van der Waals surface area contributed by atoms with Gasteiger partial charge in [0.15, 0.2) is 5.78 Å². The SMILES string of the molecule is C=CC(=O)C(C)C(C)(C)C(=O)NC. The van der Waals surface area contributed by atoms with Gasteiger partial charge < -0.3 is 5.32 Å². The molecule has 1 amide bonds. The van der Waals surface area contributed by atoms with Gasteiger partial charge in [-0.2, -0.15) is 0 Å². The first-order chi connectivity index (χ1) is 5.87. The van der Waals surface area contributed by atoms with Crippen LogP contribution in [0, 0.1) is 11.3 Å². The minimum atomic E-state index is -0.681. The summed E-state index contributed by atoms with van der Waals surface area (Å²) in [6.45, 7) is 8.63. The first kappa shape index (κ1) is 11.9. The molecule has 0 saturated carbocycles. The van der Waals surface area contributed by atoms with Crippen molar-refractivity contribution in [2.45, 2.75) is 20.8 Å². The van der Waals surface area contributed by atoms with Gasteiger partial charge in [0.1, 0.15) is 0 Å². The van der Waals surface area contributed by atoms with E-state index in [1.165, 1.54) is 6.08 Å². The van der Waals surface area contributed by atoms with Gasteiger partial charge in [-0.1, -0.05) is 27.4 Å². The van der Waals surface area contributed by atoms with Crippen LogP contribution in [0.3, 0.4) is 0 Å². The molecule has 3 nitrogen and oxygen atoms in total. The minimum Gasteiger partial charge on any atom is -0.359 e. The molecule has 0 aromatic rings. The van der Waals surface area contributed by atoms with E-state index in [4.69, 9.17) is 0 Å². The van der Waals surface area contributed by atoms with Gasteiger partial charge in [-0.3, -0.25) is 9.59 Å². The first-order valence-electron chi connectivity index (χ1n) is 4.26. The number of ketones is 1. The van der Waals surface area contributed by atoms with Crippen LogP contribution >= 0.6 is 0 Å². The van der Waals surface area contributed by atoms with E-state index < -0.39 is 5.41 Å². The summed E-state index contributed by atoms with van der Waals surface area (Å²) >= 11 is 0. The van der Waals surface area contributed by atoms with Crippen molar-refractivity contribution < 1.29 is 9.59 Å².